The third kappa shape index (κ3) is 5.26. The molecule has 2 amide bonds. The van der Waals surface area contributed by atoms with Crippen molar-refractivity contribution in [2.75, 3.05) is 30.0 Å². The fraction of sp³-hybridized carbons (Fsp3) is 0.348. The van der Waals surface area contributed by atoms with Crippen LogP contribution in [0.15, 0.2) is 23.6 Å². The summed E-state index contributed by atoms with van der Waals surface area (Å²) in [6.07, 6.45) is 0. The molecule has 0 saturated heterocycles. The van der Waals surface area contributed by atoms with Crippen molar-refractivity contribution in [1.82, 2.24) is 9.97 Å². The largest absolute Gasteiger partial charge is 0.482 e. The minimum atomic E-state index is -0.466. The van der Waals surface area contributed by atoms with Gasteiger partial charge in [0, 0.05) is 10.9 Å². The summed E-state index contributed by atoms with van der Waals surface area (Å²) >= 11 is 2.58. The molecule has 2 aromatic heterocycles. The van der Waals surface area contributed by atoms with Crippen LogP contribution in [0.2, 0.25) is 0 Å². The Morgan fingerprint density at radius 1 is 1.26 bits per heavy atom. The van der Waals surface area contributed by atoms with Crippen molar-refractivity contribution in [1.29, 1.82) is 0 Å². The summed E-state index contributed by atoms with van der Waals surface area (Å²) in [4.78, 5) is 48.2. The lowest BCUT2D eigenvalue weighted by Gasteiger charge is -2.29. The maximum atomic E-state index is 12.8. The van der Waals surface area contributed by atoms with Gasteiger partial charge in [0.05, 0.1) is 28.7 Å². The van der Waals surface area contributed by atoms with Crippen LogP contribution in [-0.2, 0) is 14.3 Å². The third-order valence-corrected chi connectivity index (χ3v) is 6.72. The number of aromatic nitrogens is 2. The second kappa shape index (κ2) is 9.90. The number of fused-ring (bicyclic) bond motifs is 1. The zero-order valence-electron chi connectivity index (χ0n) is 19.2. The van der Waals surface area contributed by atoms with Gasteiger partial charge in [0.2, 0.25) is 5.91 Å². The second-order valence-electron chi connectivity index (χ2n) is 8.18. The number of hydrogen-bond donors (Lipinski definition) is 1. The number of carbonyl (C=O) groups excluding carboxylic acids is 3. The van der Waals surface area contributed by atoms with E-state index >= 15 is 0 Å². The third-order valence-electron chi connectivity index (χ3n) is 4.89. The van der Waals surface area contributed by atoms with Gasteiger partial charge >= 0.3 is 5.97 Å². The highest BCUT2D eigenvalue weighted by Gasteiger charge is 2.28. The van der Waals surface area contributed by atoms with Crippen molar-refractivity contribution in [3.05, 3.63) is 39.2 Å². The molecule has 0 spiro atoms. The van der Waals surface area contributed by atoms with E-state index in [0.29, 0.717) is 28.6 Å². The normalized spacial score (nSPS) is 13.0. The molecular weight excluding hydrogens is 476 g/mol. The number of nitrogens with one attached hydrogen (secondary N) is 1. The highest BCUT2D eigenvalue weighted by Crippen LogP contribution is 2.36. The Balaban J connectivity index is 1.49. The number of esters is 1. The van der Waals surface area contributed by atoms with Crippen LogP contribution in [0.4, 0.5) is 10.8 Å². The first-order chi connectivity index (χ1) is 16.2. The average molecular weight is 501 g/mol. The first-order valence-electron chi connectivity index (χ1n) is 10.7. The monoisotopic (exact) mass is 500 g/mol. The molecule has 1 aromatic carbocycles. The molecular formula is C23H24N4O5S2. The summed E-state index contributed by atoms with van der Waals surface area (Å²) in [5.74, 6) is -0.505. The Morgan fingerprint density at radius 2 is 2.06 bits per heavy atom. The van der Waals surface area contributed by atoms with Crippen molar-refractivity contribution in [3.63, 3.8) is 0 Å². The molecule has 0 atom stereocenters. The topological polar surface area (TPSA) is 111 Å². The highest BCUT2D eigenvalue weighted by atomic mass is 32.1. The maximum absolute atomic E-state index is 12.8. The van der Waals surface area contributed by atoms with Crippen LogP contribution in [0.25, 0.3) is 11.3 Å². The van der Waals surface area contributed by atoms with Gasteiger partial charge in [-0.2, -0.15) is 0 Å². The number of benzene rings is 1. The summed E-state index contributed by atoms with van der Waals surface area (Å²) in [6, 6.07) is 5.44. The molecule has 3 heterocycles. The van der Waals surface area contributed by atoms with E-state index in [2.05, 4.69) is 15.3 Å². The summed E-state index contributed by atoms with van der Waals surface area (Å²) in [7, 11) is 0. The van der Waals surface area contributed by atoms with E-state index in [4.69, 9.17) is 9.47 Å². The molecule has 3 aromatic rings. The number of hydrogen-bond acceptors (Lipinski definition) is 9. The number of ether oxygens (including phenoxy) is 2. The number of amides is 2. The van der Waals surface area contributed by atoms with E-state index < -0.39 is 11.9 Å². The SMILES string of the molecule is Cc1nc(-c2ccc3c(c2)N(CC(=O)Nc2nc(C)c(C(=O)OCC(C)C)s2)C(=O)CO3)cs1. The average Bonchev–Trinajstić information content (AvgIpc) is 3.39. The van der Waals surface area contributed by atoms with E-state index in [9.17, 15) is 14.4 Å². The summed E-state index contributed by atoms with van der Waals surface area (Å²) in [5.41, 5.74) is 2.60. The van der Waals surface area contributed by atoms with Crippen LogP contribution >= 0.6 is 22.7 Å². The van der Waals surface area contributed by atoms with Crippen LogP contribution in [0, 0.1) is 19.8 Å². The van der Waals surface area contributed by atoms with Crippen LogP contribution in [0.3, 0.4) is 0 Å². The lowest BCUT2D eigenvalue weighted by atomic mass is 10.1. The standard InChI is InChI=1S/C23H24N4O5S2/c1-12(2)9-32-22(30)21-13(3)24-23(34-21)26-19(28)8-27-17-7-15(16-11-33-14(4)25-16)5-6-18(17)31-10-20(27)29/h5-7,11-12H,8-10H2,1-4H3,(H,24,26,28). The van der Waals surface area contributed by atoms with Crippen molar-refractivity contribution < 1.29 is 23.9 Å². The Labute approximate surface area is 204 Å². The van der Waals surface area contributed by atoms with Crippen LogP contribution in [0.1, 0.15) is 34.2 Å². The highest BCUT2D eigenvalue weighted by molar-refractivity contribution is 7.17. The fourth-order valence-corrected chi connectivity index (χ4v) is 4.78. The smallest absolute Gasteiger partial charge is 0.350 e. The molecule has 1 aliphatic rings. The van der Waals surface area contributed by atoms with Crippen LogP contribution in [0.5, 0.6) is 5.75 Å². The number of carbonyl (C=O) groups is 3. The van der Waals surface area contributed by atoms with Gasteiger partial charge in [0.25, 0.3) is 5.91 Å². The van der Waals surface area contributed by atoms with Gasteiger partial charge in [-0.1, -0.05) is 25.2 Å². The van der Waals surface area contributed by atoms with Crippen molar-refractivity contribution in [2.24, 2.45) is 5.92 Å². The molecule has 178 valence electrons. The molecule has 0 bridgehead atoms. The van der Waals surface area contributed by atoms with E-state index in [1.807, 2.05) is 32.2 Å². The first-order valence-corrected chi connectivity index (χ1v) is 12.3. The van der Waals surface area contributed by atoms with Crippen LogP contribution in [-0.4, -0.2) is 47.5 Å². The molecule has 0 unspecified atom stereocenters. The number of thiazole rings is 2. The first kappa shape index (κ1) is 23.8. The Bertz CT molecular complexity index is 1250. The lowest BCUT2D eigenvalue weighted by molar-refractivity contribution is -0.123. The van der Waals surface area contributed by atoms with E-state index in [-0.39, 0.29) is 30.1 Å². The number of anilines is 2. The predicted molar refractivity (Wildman–Crippen MR) is 131 cm³/mol. The molecule has 0 aliphatic carbocycles. The minimum Gasteiger partial charge on any atom is -0.482 e. The molecule has 0 fully saturated rings. The number of rotatable bonds is 7. The molecule has 34 heavy (non-hydrogen) atoms. The van der Waals surface area contributed by atoms with Gasteiger partial charge in [-0.3, -0.25) is 14.5 Å². The van der Waals surface area contributed by atoms with Gasteiger partial charge in [0.15, 0.2) is 11.7 Å². The molecule has 11 heteroatoms. The Hall–Kier alpha value is -3.31. The lowest BCUT2D eigenvalue weighted by Crippen LogP contribution is -2.43. The number of nitrogens with zero attached hydrogens (tertiary/aromatic N) is 3. The quantitative estimate of drug-likeness (QED) is 0.487. The van der Waals surface area contributed by atoms with Gasteiger partial charge in [-0.05, 0) is 38.0 Å². The Morgan fingerprint density at radius 3 is 2.76 bits per heavy atom. The summed E-state index contributed by atoms with van der Waals surface area (Å²) in [5, 5.41) is 5.83. The summed E-state index contributed by atoms with van der Waals surface area (Å²) < 4.78 is 10.8. The molecule has 9 nitrogen and oxygen atoms in total. The van der Waals surface area contributed by atoms with Crippen molar-refractivity contribution in [2.45, 2.75) is 27.7 Å². The van der Waals surface area contributed by atoms with E-state index in [0.717, 1.165) is 27.6 Å². The van der Waals surface area contributed by atoms with E-state index in [1.165, 1.54) is 16.2 Å². The van der Waals surface area contributed by atoms with Gasteiger partial charge in [-0.15, -0.1) is 11.3 Å². The molecule has 4 rings (SSSR count). The second-order valence-corrected chi connectivity index (χ2v) is 10.2. The zero-order chi connectivity index (χ0) is 24.4. The van der Waals surface area contributed by atoms with Gasteiger partial charge in [0.1, 0.15) is 17.2 Å². The van der Waals surface area contributed by atoms with Crippen LogP contribution < -0.4 is 15.0 Å². The summed E-state index contributed by atoms with van der Waals surface area (Å²) in [6.45, 7) is 7.43. The van der Waals surface area contributed by atoms with Gasteiger partial charge in [-0.25, -0.2) is 14.8 Å². The van der Waals surface area contributed by atoms with E-state index in [1.54, 1.807) is 19.1 Å². The number of aryl methyl sites for hydroxylation is 2. The molecule has 0 radical (unpaired) electrons. The molecule has 1 aliphatic heterocycles. The van der Waals surface area contributed by atoms with Crippen molar-refractivity contribution >= 4 is 51.3 Å². The Kier molecular flexibility index (Phi) is 6.94. The maximum Gasteiger partial charge on any atom is 0.350 e. The fourth-order valence-electron chi connectivity index (χ4n) is 3.28. The molecule has 0 saturated carbocycles. The predicted octanol–water partition coefficient (Wildman–Crippen LogP) is 4.06. The minimum absolute atomic E-state index is 0.155. The van der Waals surface area contributed by atoms with Crippen molar-refractivity contribution in [3.8, 4) is 17.0 Å². The molecule has 1 N–H and O–H groups in total. The van der Waals surface area contributed by atoms with Gasteiger partial charge < -0.3 is 14.8 Å². The zero-order valence-corrected chi connectivity index (χ0v) is 20.8.